The SMILES string of the molecule is CN(C)c1ccc2[nH]c(-c3c(O)cccc3O)nc2n1. The minimum atomic E-state index is -0.0307. The molecule has 102 valence electrons. The van der Waals surface area contributed by atoms with E-state index >= 15 is 0 Å². The maximum Gasteiger partial charge on any atom is 0.180 e. The molecule has 3 aromatic rings. The normalized spacial score (nSPS) is 10.9. The summed E-state index contributed by atoms with van der Waals surface area (Å²) in [4.78, 5) is 13.7. The summed E-state index contributed by atoms with van der Waals surface area (Å²) >= 11 is 0. The van der Waals surface area contributed by atoms with E-state index in [1.54, 1.807) is 6.07 Å². The summed E-state index contributed by atoms with van der Waals surface area (Å²) in [6.45, 7) is 0. The molecule has 0 aliphatic heterocycles. The van der Waals surface area contributed by atoms with Crippen LogP contribution < -0.4 is 4.90 Å². The Morgan fingerprint density at radius 3 is 2.35 bits per heavy atom. The Bertz CT molecular complexity index is 760. The number of phenolic OH excluding ortho intramolecular Hbond substituents is 2. The summed E-state index contributed by atoms with van der Waals surface area (Å²) in [5, 5.41) is 19.7. The first-order valence-corrected chi connectivity index (χ1v) is 6.11. The summed E-state index contributed by atoms with van der Waals surface area (Å²) < 4.78 is 0. The standard InChI is InChI=1S/C14H14N4O2/c1-18(2)11-7-6-8-13(16-11)17-14(15-8)12-9(19)4-3-5-10(12)20/h3-7,19-20H,1-2H3,(H,15,16,17). The minimum Gasteiger partial charge on any atom is -0.507 e. The first-order valence-electron chi connectivity index (χ1n) is 6.11. The van der Waals surface area contributed by atoms with Gasteiger partial charge in [0.05, 0.1) is 5.52 Å². The van der Waals surface area contributed by atoms with Crippen LogP contribution in [0.3, 0.4) is 0 Å². The van der Waals surface area contributed by atoms with E-state index < -0.39 is 0 Å². The van der Waals surface area contributed by atoms with Crippen LogP contribution in [0.1, 0.15) is 0 Å². The zero-order valence-electron chi connectivity index (χ0n) is 11.1. The van der Waals surface area contributed by atoms with Gasteiger partial charge in [0.1, 0.15) is 28.7 Å². The van der Waals surface area contributed by atoms with E-state index in [-0.39, 0.29) is 17.1 Å². The highest BCUT2D eigenvalue weighted by atomic mass is 16.3. The lowest BCUT2D eigenvalue weighted by Gasteiger charge is -2.09. The number of rotatable bonds is 2. The van der Waals surface area contributed by atoms with Gasteiger partial charge in [0, 0.05) is 14.1 Å². The molecule has 0 bridgehead atoms. The highest BCUT2D eigenvalue weighted by Crippen LogP contribution is 2.35. The number of aromatic amines is 1. The van der Waals surface area contributed by atoms with E-state index in [1.165, 1.54) is 12.1 Å². The lowest BCUT2D eigenvalue weighted by atomic mass is 10.1. The predicted octanol–water partition coefficient (Wildman–Crippen LogP) is 2.10. The number of nitrogens with one attached hydrogen (secondary N) is 1. The lowest BCUT2D eigenvalue weighted by molar-refractivity contribution is 0.453. The van der Waals surface area contributed by atoms with E-state index in [0.717, 1.165) is 11.3 Å². The van der Waals surface area contributed by atoms with Crippen LogP contribution in [-0.2, 0) is 0 Å². The van der Waals surface area contributed by atoms with Crippen molar-refractivity contribution in [2.24, 2.45) is 0 Å². The van der Waals surface area contributed by atoms with Crippen LogP contribution in [0, 0.1) is 0 Å². The fourth-order valence-electron chi connectivity index (χ4n) is 2.02. The molecule has 0 aliphatic rings. The molecule has 3 N–H and O–H groups in total. The van der Waals surface area contributed by atoms with Gasteiger partial charge in [0.25, 0.3) is 0 Å². The number of fused-ring (bicyclic) bond motifs is 1. The Balaban J connectivity index is 2.18. The van der Waals surface area contributed by atoms with E-state index in [0.29, 0.717) is 11.5 Å². The number of nitrogens with zero attached hydrogens (tertiary/aromatic N) is 3. The highest BCUT2D eigenvalue weighted by molar-refractivity contribution is 5.81. The second kappa shape index (κ2) is 4.41. The van der Waals surface area contributed by atoms with Crippen molar-refractivity contribution in [3.05, 3.63) is 30.3 Å². The number of hydrogen-bond donors (Lipinski definition) is 3. The van der Waals surface area contributed by atoms with Gasteiger partial charge in [0.15, 0.2) is 5.65 Å². The molecule has 2 aromatic heterocycles. The van der Waals surface area contributed by atoms with Gasteiger partial charge in [-0.25, -0.2) is 9.97 Å². The fraction of sp³-hybridized carbons (Fsp3) is 0.143. The number of aromatic hydroxyl groups is 2. The van der Waals surface area contributed by atoms with Crippen molar-refractivity contribution < 1.29 is 10.2 Å². The van der Waals surface area contributed by atoms with Crippen molar-refractivity contribution in [3.8, 4) is 22.9 Å². The van der Waals surface area contributed by atoms with Gasteiger partial charge >= 0.3 is 0 Å². The third kappa shape index (κ3) is 1.91. The molecule has 0 aliphatic carbocycles. The number of imidazole rings is 1. The Kier molecular flexibility index (Phi) is 2.71. The van der Waals surface area contributed by atoms with E-state index in [2.05, 4.69) is 15.0 Å². The highest BCUT2D eigenvalue weighted by Gasteiger charge is 2.14. The molecular formula is C14H14N4O2. The minimum absolute atomic E-state index is 0.0307. The summed E-state index contributed by atoms with van der Waals surface area (Å²) in [5.41, 5.74) is 1.55. The average molecular weight is 270 g/mol. The van der Waals surface area contributed by atoms with Crippen LogP contribution in [0.25, 0.3) is 22.6 Å². The number of benzene rings is 1. The van der Waals surface area contributed by atoms with Gasteiger partial charge in [-0.3, -0.25) is 0 Å². The Morgan fingerprint density at radius 2 is 1.70 bits per heavy atom. The molecule has 20 heavy (non-hydrogen) atoms. The molecule has 2 heterocycles. The van der Waals surface area contributed by atoms with Crippen LogP contribution in [0.2, 0.25) is 0 Å². The van der Waals surface area contributed by atoms with E-state index in [1.807, 2.05) is 31.1 Å². The van der Waals surface area contributed by atoms with Crippen LogP contribution in [-0.4, -0.2) is 39.3 Å². The summed E-state index contributed by atoms with van der Waals surface area (Å²) in [7, 11) is 3.80. The van der Waals surface area contributed by atoms with Crippen molar-refractivity contribution in [1.29, 1.82) is 0 Å². The molecule has 1 aromatic carbocycles. The Labute approximate surface area is 115 Å². The van der Waals surface area contributed by atoms with Gasteiger partial charge in [-0.05, 0) is 24.3 Å². The van der Waals surface area contributed by atoms with Gasteiger partial charge < -0.3 is 20.1 Å². The quantitative estimate of drug-likeness (QED) is 0.664. The largest absolute Gasteiger partial charge is 0.507 e. The molecule has 0 saturated heterocycles. The molecule has 0 radical (unpaired) electrons. The van der Waals surface area contributed by atoms with Crippen LogP contribution in [0.5, 0.6) is 11.5 Å². The van der Waals surface area contributed by atoms with Gasteiger partial charge in [-0.15, -0.1) is 0 Å². The molecule has 0 fully saturated rings. The fourth-order valence-corrected chi connectivity index (χ4v) is 2.02. The molecule has 0 spiro atoms. The van der Waals surface area contributed by atoms with Crippen molar-refractivity contribution in [2.75, 3.05) is 19.0 Å². The number of anilines is 1. The molecular weight excluding hydrogens is 256 g/mol. The van der Waals surface area contributed by atoms with Crippen molar-refractivity contribution in [3.63, 3.8) is 0 Å². The number of H-pyrrole nitrogens is 1. The molecule has 3 rings (SSSR count). The maximum absolute atomic E-state index is 9.86. The maximum atomic E-state index is 9.86. The number of aromatic nitrogens is 3. The van der Waals surface area contributed by atoms with Gasteiger partial charge in [0.2, 0.25) is 0 Å². The first kappa shape index (κ1) is 12.3. The van der Waals surface area contributed by atoms with Crippen molar-refractivity contribution in [2.45, 2.75) is 0 Å². The third-order valence-corrected chi connectivity index (χ3v) is 3.05. The van der Waals surface area contributed by atoms with Gasteiger partial charge in [-0.1, -0.05) is 6.07 Å². The van der Waals surface area contributed by atoms with Crippen LogP contribution >= 0.6 is 0 Å². The molecule has 0 amide bonds. The van der Waals surface area contributed by atoms with E-state index in [4.69, 9.17) is 0 Å². The second-order valence-electron chi connectivity index (χ2n) is 4.69. The molecule has 6 heteroatoms. The number of hydrogen-bond acceptors (Lipinski definition) is 5. The van der Waals surface area contributed by atoms with Crippen molar-refractivity contribution >= 4 is 17.0 Å². The monoisotopic (exact) mass is 270 g/mol. The van der Waals surface area contributed by atoms with Gasteiger partial charge in [-0.2, -0.15) is 0 Å². The van der Waals surface area contributed by atoms with Crippen LogP contribution in [0.15, 0.2) is 30.3 Å². The molecule has 6 nitrogen and oxygen atoms in total. The summed E-state index contributed by atoms with van der Waals surface area (Å²) in [6.07, 6.45) is 0. The Morgan fingerprint density at radius 1 is 1.00 bits per heavy atom. The molecule has 0 saturated carbocycles. The zero-order valence-corrected chi connectivity index (χ0v) is 11.1. The zero-order chi connectivity index (χ0) is 14.3. The topological polar surface area (TPSA) is 85.3 Å². The molecule has 0 atom stereocenters. The van der Waals surface area contributed by atoms with E-state index in [9.17, 15) is 10.2 Å². The summed E-state index contributed by atoms with van der Waals surface area (Å²) in [6, 6.07) is 8.31. The smallest absolute Gasteiger partial charge is 0.180 e. The lowest BCUT2D eigenvalue weighted by Crippen LogP contribution is -2.10. The Hall–Kier alpha value is -2.76. The predicted molar refractivity (Wildman–Crippen MR) is 77.0 cm³/mol. The molecule has 0 unspecified atom stereocenters. The number of pyridine rings is 1. The first-order chi connectivity index (χ1) is 9.56. The third-order valence-electron chi connectivity index (χ3n) is 3.05. The summed E-state index contributed by atoms with van der Waals surface area (Å²) in [5.74, 6) is 1.12. The van der Waals surface area contributed by atoms with Crippen LogP contribution in [0.4, 0.5) is 5.82 Å². The number of phenols is 2. The second-order valence-corrected chi connectivity index (χ2v) is 4.69. The average Bonchev–Trinajstić information content (AvgIpc) is 2.80. The van der Waals surface area contributed by atoms with Crippen molar-refractivity contribution in [1.82, 2.24) is 15.0 Å².